The van der Waals surface area contributed by atoms with Crippen molar-refractivity contribution in [3.05, 3.63) is 87.9 Å². The van der Waals surface area contributed by atoms with E-state index < -0.39 is 0 Å². The van der Waals surface area contributed by atoms with Crippen LogP contribution < -0.4 is 15.0 Å². The number of halogens is 1. The Kier molecular flexibility index (Phi) is 5.82. The predicted molar refractivity (Wildman–Crippen MR) is 137 cm³/mol. The molecule has 1 aliphatic heterocycles. The first-order valence-corrected chi connectivity index (χ1v) is 12.1. The Labute approximate surface area is 206 Å². The van der Waals surface area contributed by atoms with Crippen LogP contribution >= 0.6 is 35.2 Å². The standard InChI is InChI=1S/C24H22ClN5OS2/c1-14-12-17(15(2)29(14)24-27-10-11-33-24)22-21(19-6-4-5-9-26-19)28-23(32)30(22)16-7-8-20(31-3)18(25)13-16/h4-13,21-22H,1-3H3,(H,28,32)/t21-,22-/m1/s1. The van der Waals surface area contributed by atoms with Crippen LogP contribution in [0.25, 0.3) is 5.13 Å². The molecule has 1 fully saturated rings. The topological polar surface area (TPSA) is 55.2 Å². The van der Waals surface area contributed by atoms with Crippen molar-refractivity contribution in [3.8, 4) is 10.9 Å². The number of hydrogen-bond acceptors (Lipinski definition) is 5. The van der Waals surface area contributed by atoms with Crippen molar-refractivity contribution in [2.45, 2.75) is 25.9 Å². The Hall–Kier alpha value is -2.94. The largest absolute Gasteiger partial charge is 0.495 e. The average molecular weight is 496 g/mol. The summed E-state index contributed by atoms with van der Waals surface area (Å²) in [5, 5.41) is 7.59. The summed E-state index contributed by atoms with van der Waals surface area (Å²) in [6.07, 6.45) is 3.63. The van der Waals surface area contributed by atoms with E-state index in [0.717, 1.165) is 33.5 Å². The molecule has 168 valence electrons. The molecule has 1 aliphatic rings. The second kappa shape index (κ2) is 8.78. The zero-order chi connectivity index (χ0) is 23.1. The lowest BCUT2D eigenvalue weighted by Crippen LogP contribution is -2.29. The number of methoxy groups -OCH3 is 1. The Morgan fingerprint density at radius 2 is 1.97 bits per heavy atom. The highest BCUT2D eigenvalue weighted by Crippen LogP contribution is 2.44. The van der Waals surface area contributed by atoms with E-state index in [9.17, 15) is 0 Å². The van der Waals surface area contributed by atoms with Gasteiger partial charge in [-0.05, 0) is 68.0 Å². The molecule has 0 aliphatic carbocycles. The second-order valence-electron chi connectivity index (χ2n) is 7.79. The van der Waals surface area contributed by atoms with Gasteiger partial charge in [-0.3, -0.25) is 9.55 Å². The molecule has 0 radical (unpaired) electrons. The highest BCUT2D eigenvalue weighted by atomic mass is 35.5. The fourth-order valence-corrected chi connectivity index (χ4v) is 5.81. The van der Waals surface area contributed by atoms with Crippen molar-refractivity contribution in [3.63, 3.8) is 0 Å². The highest BCUT2D eigenvalue weighted by molar-refractivity contribution is 7.80. The van der Waals surface area contributed by atoms with Crippen molar-refractivity contribution < 1.29 is 4.74 Å². The molecule has 0 amide bonds. The van der Waals surface area contributed by atoms with Gasteiger partial charge in [-0.2, -0.15) is 0 Å². The van der Waals surface area contributed by atoms with Crippen LogP contribution in [0.5, 0.6) is 5.75 Å². The van der Waals surface area contributed by atoms with Crippen LogP contribution in [0.3, 0.4) is 0 Å². The lowest BCUT2D eigenvalue weighted by molar-refractivity contribution is 0.415. The number of ether oxygens (including phenoxy) is 1. The zero-order valence-corrected chi connectivity index (χ0v) is 20.7. The number of pyridine rings is 1. The smallest absolute Gasteiger partial charge is 0.193 e. The third-order valence-electron chi connectivity index (χ3n) is 5.91. The first-order chi connectivity index (χ1) is 16.0. The molecule has 5 rings (SSSR count). The maximum atomic E-state index is 6.49. The average Bonchev–Trinajstić information content (AvgIpc) is 3.52. The van der Waals surface area contributed by atoms with Crippen LogP contribution in [0.1, 0.15) is 34.7 Å². The van der Waals surface area contributed by atoms with Crippen LogP contribution in [0.15, 0.2) is 60.2 Å². The Balaban J connectivity index is 1.68. The van der Waals surface area contributed by atoms with Gasteiger partial charge >= 0.3 is 0 Å². The van der Waals surface area contributed by atoms with E-state index in [4.69, 9.17) is 28.6 Å². The molecule has 1 saturated heterocycles. The van der Waals surface area contributed by atoms with Crippen molar-refractivity contribution in [1.82, 2.24) is 19.9 Å². The molecule has 0 bridgehead atoms. The van der Waals surface area contributed by atoms with Gasteiger partial charge in [0.25, 0.3) is 0 Å². The molecule has 0 spiro atoms. The van der Waals surface area contributed by atoms with Gasteiger partial charge in [0.15, 0.2) is 10.2 Å². The number of thiocarbonyl (C=S) groups is 1. The number of nitrogens with zero attached hydrogens (tertiary/aromatic N) is 4. The van der Waals surface area contributed by atoms with Crippen LogP contribution in [-0.2, 0) is 0 Å². The molecule has 3 aromatic heterocycles. The summed E-state index contributed by atoms with van der Waals surface area (Å²) in [6.45, 7) is 4.22. The van der Waals surface area contributed by atoms with Crippen molar-refractivity contribution >= 4 is 46.0 Å². The Morgan fingerprint density at radius 1 is 1.12 bits per heavy atom. The molecular weight excluding hydrogens is 474 g/mol. The number of benzene rings is 1. The van der Waals surface area contributed by atoms with Crippen molar-refractivity contribution in [2.75, 3.05) is 12.0 Å². The van der Waals surface area contributed by atoms with Crippen LogP contribution in [0.4, 0.5) is 5.69 Å². The van der Waals surface area contributed by atoms with Crippen LogP contribution in [-0.4, -0.2) is 26.8 Å². The third-order valence-corrected chi connectivity index (χ3v) is 7.28. The summed E-state index contributed by atoms with van der Waals surface area (Å²) >= 11 is 13.9. The number of thiazole rings is 1. The molecule has 9 heteroatoms. The number of nitrogens with one attached hydrogen (secondary N) is 1. The molecule has 0 saturated carbocycles. The van der Waals surface area contributed by atoms with E-state index in [1.54, 1.807) is 18.4 Å². The van der Waals surface area contributed by atoms with Crippen LogP contribution in [0.2, 0.25) is 5.02 Å². The monoisotopic (exact) mass is 495 g/mol. The van der Waals surface area contributed by atoms with Gasteiger partial charge in [-0.15, -0.1) is 11.3 Å². The molecule has 4 aromatic rings. The van der Waals surface area contributed by atoms with Gasteiger partial charge in [-0.25, -0.2) is 4.98 Å². The normalized spacial score (nSPS) is 17.9. The molecule has 1 N–H and O–H groups in total. The number of aryl methyl sites for hydroxylation is 1. The van der Waals surface area contributed by atoms with E-state index in [2.05, 4.69) is 44.7 Å². The summed E-state index contributed by atoms with van der Waals surface area (Å²) in [5.74, 6) is 0.623. The van der Waals surface area contributed by atoms with Gasteiger partial charge in [0.2, 0.25) is 0 Å². The molecule has 4 heterocycles. The Morgan fingerprint density at radius 3 is 2.64 bits per heavy atom. The molecule has 1 aromatic carbocycles. The van der Waals surface area contributed by atoms with Gasteiger partial charge in [0, 0.05) is 34.8 Å². The number of aromatic nitrogens is 3. The minimum absolute atomic E-state index is 0.128. The molecule has 6 nitrogen and oxygen atoms in total. The summed E-state index contributed by atoms with van der Waals surface area (Å²) in [5.41, 5.74) is 5.19. The number of hydrogen-bond donors (Lipinski definition) is 1. The first-order valence-electron chi connectivity index (χ1n) is 10.4. The summed E-state index contributed by atoms with van der Waals surface area (Å²) in [7, 11) is 1.61. The Bertz CT molecular complexity index is 1310. The lowest BCUT2D eigenvalue weighted by Gasteiger charge is -2.28. The minimum Gasteiger partial charge on any atom is -0.495 e. The van der Waals surface area contributed by atoms with Crippen molar-refractivity contribution in [2.24, 2.45) is 0 Å². The second-order valence-corrected chi connectivity index (χ2v) is 9.46. The maximum Gasteiger partial charge on any atom is 0.193 e. The summed E-state index contributed by atoms with van der Waals surface area (Å²) < 4.78 is 7.54. The minimum atomic E-state index is -0.134. The lowest BCUT2D eigenvalue weighted by atomic mass is 9.96. The van der Waals surface area contributed by atoms with E-state index in [-0.39, 0.29) is 12.1 Å². The van der Waals surface area contributed by atoms with E-state index in [1.165, 1.54) is 0 Å². The predicted octanol–water partition coefficient (Wildman–Crippen LogP) is 5.78. The van der Waals surface area contributed by atoms with E-state index in [1.807, 2.05) is 54.2 Å². The summed E-state index contributed by atoms with van der Waals surface area (Å²) in [4.78, 5) is 11.3. The number of rotatable bonds is 5. The van der Waals surface area contributed by atoms with Gasteiger partial charge in [0.05, 0.1) is 29.9 Å². The molecule has 33 heavy (non-hydrogen) atoms. The maximum absolute atomic E-state index is 6.49. The SMILES string of the molecule is COc1ccc(N2C(=S)N[C@H](c3ccccn3)[C@H]2c2cc(C)n(-c3nccs3)c2C)cc1Cl. The fraction of sp³-hybridized carbons (Fsp3) is 0.208. The van der Waals surface area contributed by atoms with Gasteiger partial charge < -0.3 is 15.0 Å². The van der Waals surface area contributed by atoms with Gasteiger partial charge in [-0.1, -0.05) is 17.7 Å². The quantitative estimate of drug-likeness (QED) is 0.354. The summed E-state index contributed by atoms with van der Waals surface area (Å²) in [6, 6.07) is 13.6. The van der Waals surface area contributed by atoms with E-state index >= 15 is 0 Å². The zero-order valence-electron chi connectivity index (χ0n) is 18.3. The first kappa shape index (κ1) is 21.9. The third kappa shape index (κ3) is 3.78. The van der Waals surface area contributed by atoms with Gasteiger partial charge in [0.1, 0.15) is 5.75 Å². The molecule has 2 atom stereocenters. The van der Waals surface area contributed by atoms with Crippen molar-refractivity contribution in [1.29, 1.82) is 0 Å². The van der Waals surface area contributed by atoms with Crippen LogP contribution in [0, 0.1) is 13.8 Å². The highest BCUT2D eigenvalue weighted by Gasteiger charge is 2.42. The number of anilines is 1. The molecular formula is C24H22ClN5OS2. The fourth-order valence-electron chi connectivity index (χ4n) is 4.46. The van der Waals surface area contributed by atoms with E-state index in [0.29, 0.717) is 15.9 Å². The molecule has 0 unspecified atom stereocenters.